The average molecular weight is 431 g/mol. The van der Waals surface area contributed by atoms with E-state index < -0.39 is 6.10 Å². The molecule has 0 aliphatic carbocycles. The third-order valence-electron chi connectivity index (χ3n) is 5.64. The van der Waals surface area contributed by atoms with E-state index in [0.717, 1.165) is 11.1 Å². The fourth-order valence-electron chi connectivity index (χ4n) is 3.99. The predicted molar refractivity (Wildman–Crippen MR) is 120 cm³/mol. The first-order chi connectivity index (χ1) is 15.6. The molecule has 1 atom stereocenters. The summed E-state index contributed by atoms with van der Waals surface area (Å²) in [6, 6.07) is 23.3. The summed E-state index contributed by atoms with van der Waals surface area (Å²) < 4.78 is 16.3. The Balaban J connectivity index is 1.59. The highest BCUT2D eigenvalue weighted by Gasteiger charge is 2.33. The Labute approximate surface area is 187 Å². The minimum atomic E-state index is -0.908. The number of amides is 1. The zero-order valence-electron chi connectivity index (χ0n) is 18.0. The zero-order chi connectivity index (χ0) is 22.5. The zero-order valence-corrected chi connectivity index (χ0v) is 18.0. The number of carbonyl (C=O) groups excluding carboxylic acids is 2. The molecule has 3 aromatic rings. The van der Waals surface area contributed by atoms with E-state index >= 15 is 0 Å². The smallest absolute Gasteiger partial charge is 0.253 e. The lowest BCUT2D eigenvalue weighted by Crippen LogP contribution is -2.37. The topological polar surface area (TPSA) is 73.9 Å². The van der Waals surface area contributed by atoms with Crippen LogP contribution in [0.1, 0.15) is 39.1 Å². The van der Waals surface area contributed by atoms with Crippen molar-refractivity contribution >= 4 is 11.7 Å². The van der Waals surface area contributed by atoms with Crippen molar-refractivity contribution in [3.8, 4) is 11.5 Å². The van der Waals surface area contributed by atoms with Gasteiger partial charge in [-0.2, -0.15) is 0 Å². The second kappa shape index (κ2) is 9.66. The molecule has 4 rings (SSSR count). The molecular weight excluding hydrogens is 406 g/mol. The van der Waals surface area contributed by atoms with E-state index in [0.29, 0.717) is 29.2 Å². The largest absolute Gasteiger partial charge is 0.493 e. The molecule has 1 aliphatic heterocycles. The third-order valence-corrected chi connectivity index (χ3v) is 5.64. The first-order valence-electron chi connectivity index (χ1n) is 10.4. The summed E-state index contributed by atoms with van der Waals surface area (Å²) in [6.45, 7) is 0.227. The number of benzene rings is 3. The number of hydrogen-bond acceptors (Lipinski definition) is 5. The minimum absolute atomic E-state index is 0.0172. The van der Waals surface area contributed by atoms with Gasteiger partial charge in [-0.15, -0.1) is 0 Å². The van der Waals surface area contributed by atoms with Crippen LogP contribution in [0.4, 0.5) is 0 Å². The van der Waals surface area contributed by atoms with E-state index in [1.54, 1.807) is 12.1 Å². The lowest BCUT2D eigenvalue weighted by atomic mass is 9.91. The van der Waals surface area contributed by atoms with Gasteiger partial charge < -0.3 is 19.5 Å². The maximum Gasteiger partial charge on any atom is 0.253 e. The van der Waals surface area contributed by atoms with Gasteiger partial charge in [-0.25, -0.2) is 0 Å². The van der Waals surface area contributed by atoms with Gasteiger partial charge in [-0.05, 0) is 23.3 Å². The van der Waals surface area contributed by atoms with E-state index in [9.17, 15) is 9.59 Å². The molecule has 1 aliphatic rings. The number of nitrogens with one attached hydrogen (secondary N) is 1. The molecular formula is C26H25NO5. The number of Topliss-reactive ketones (excluding diaryl/α,β-unsaturated/α-hetero) is 1. The number of methoxy groups -OCH3 is 2. The molecule has 0 fully saturated rings. The maximum atomic E-state index is 13.2. The molecule has 0 aromatic heterocycles. The van der Waals surface area contributed by atoms with Gasteiger partial charge in [0.25, 0.3) is 5.91 Å². The minimum Gasteiger partial charge on any atom is -0.493 e. The van der Waals surface area contributed by atoms with Gasteiger partial charge in [0.1, 0.15) is 6.61 Å². The molecule has 6 heteroatoms. The molecule has 1 N–H and O–H groups in total. The van der Waals surface area contributed by atoms with Crippen LogP contribution in [0.3, 0.4) is 0 Å². The fourth-order valence-corrected chi connectivity index (χ4v) is 3.99. The van der Waals surface area contributed by atoms with Crippen LogP contribution < -0.4 is 14.8 Å². The van der Waals surface area contributed by atoms with Crippen LogP contribution in [0.2, 0.25) is 0 Å². The molecule has 3 aromatic carbocycles. The Morgan fingerprint density at radius 2 is 1.53 bits per heavy atom. The highest BCUT2D eigenvalue weighted by Crippen LogP contribution is 2.37. The number of carbonyl (C=O) groups is 2. The Kier molecular flexibility index (Phi) is 6.52. The van der Waals surface area contributed by atoms with Gasteiger partial charge in [0.05, 0.1) is 14.2 Å². The van der Waals surface area contributed by atoms with Crippen LogP contribution in [0.15, 0.2) is 72.8 Å². The molecule has 6 nitrogen and oxygen atoms in total. The number of fused-ring (bicyclic) bond motifs is 1. The fraction of sp³-hybridized carbons (Fsp3) is 0.231. The van der Waals surface area contributed by atoms with Crippen LogP contribution in [0.25, 0.3) is 0 Å². The lowest BCUT2D eigenvalue weighted by molar-refractivity contribution is -0.132. The van der Waals surface area contributed by atoms with Crippen molar-refractivity contribution in [1.82, 2.24) is 5.32 Å². The molecule has 0 bridgehead atoms. The molecule has 0 saturated heterocycles. The summed E-state index contributed by atoms with van der Waals surface area (Å²) in [7, 11) is 3.01. The van der Waals surface area contributed by atoms with Crippen molar-refractivity contribution in [2.45, 2.75) is 12.0 Å². The van der Waals surface area contributed by atoms with Crippen molar-refractivity contribution < 1.29 is 23.8 Å². The summed E-state index contributed by atoms with van der Waals surface area (Å²) in [5, 5.41) is 3.02. The number of rotatable bonds is 7. The summed E-state index contributed by atoms with van der Waals surface area (Å²) in [4.78, 5) is 25.6. The Hall–Kier alpha value is -3.64. The molecule has 1 heterocycles. The predicted octanol–water partition coefficient (Wildman–Crippen LogP) is 3.91. The Morgan fingerprint density at radius 3 is 2.09 bits per heavy atom. The van der Waals surface area contributed by atoms with Gasteiger partial charge in [0, 0.05) is 23.6 Å². The molecule has 0 spiro atoms. The van der Waals surface area contributed by atoms with Gasteiger partial charge in [-0.3, -0.25) is 9.59 Å². The number of ketones is 1. The quantitative estimate of drug-likeness (QED) is 0.614. The molecule has 0 radical (unpaired) electrons. The van der Waals surface area contributed by atoms with E-state index in [1.165, 1.54) is 14.2 Å². The highest BCUT2D eigenvalue weighted by molar-refractivity contribution is 6.02. The van der Waals surface area contributed by atoms with E-state index in [2.05, 4.69) is 5.32 Å². The van der Waals surface area contributed by atoms with Crippen LogP contribution in [-0.2, 0) is 9.53 Å². The van der Waals surface area contributed by atoms with Crippen molar-refractivity contribution in [3.05, 3.63) is 95.1 Å². The van der Waals surface area contributed by atoms with Crippen molar-refractivity contribution in [3.63, 3.8) is 0 Å². The van der Waals surface area contributed by atoms with Gasteiger partial charge in [0.2, 0.25) is 0 Å². The highest BCUT2D eigenvalue weighted by atomic mass is 16.5. The van der Waals surface area contributed by atoms with Crippen molar-refractivity contribution in [2.75, 3.05) is 27.4 Å². The Morgan fingerprint density at radius 1 is 0.969 bits per heavy atom. The van der Waals surface area contributed by atoms with Crippen molar-refractivity contribution in [2.24, 2.45) is 0 Å². The van der Waals surface area contributed by atoms with Gasteiger partial charge >= 0.3 is 0 Å². The molecule has 0 saturated carbocycles. The molecule has 1 unspecified atom stereocenters. The van der Waals surface area contributed by atoms with Crippen LogP contribution in [-0.4, -0.2) is 39.1 Å². The average Bonchev–Trinajstić information content (AvgIpc) is 2.85. The molecule has 1 amide bonds. The normalized spacial score (nSPS) is 15.2. The number of hydrogen-bond donors (Lipinski definition) is 1. The lowest BCUT2D eigenvalue weighted by Gasteiger charge is -2.27. The van der Waals surface area contributed by atoms with E-state index in [4.69, 9.17) is 14.2 Å². The second-order valence-corrected chi connectivity index (χ2v) is 7.53. The first kappa shape index (κ1) is 21.6. The van der Waals surface area contributed by atoms with E-state index in [-0.39, 0.29) is 24.2 Å². The molecule has 32 heavy (non-hydrogen) atoms. The SMILES string of the molecule is COc1cc2c(cc1OC)C(C(=O)NCC(c1ccccc1)c1ccccc1)OCC2=O. The molecule has 164 valence electrons. The van der Waals surface area contributed by atoms with Gasteiger partial charge in [0.15, 0.2) is 23.4 Å². The number of ether oxygens (including phenoxy) is 3. The summed E-state index contributed by atoms with van der Waals surface area (Å²) in [5.41, 5.74) is 3.10. The maximum absolute atomic E-state index is 13.2. The van der Waals surface area contributed by atoms with Crippen LogP contribution in [0, 0.1) is 0 Å². The third kappa shape index (κ3) is 4.36. The van der Waals surface area contributed by atoms with Crippen LogP contribution in [0.5, 0.6) is 11.5 Å². The van der Waals surface area contributed by atoms with Gasteiger partial charge in [-0.1, -0.05) is 60.7 Å². The summed E-state index contributed by atoms with van der Waals surface area (Å²) in [6.07, 6.45) is -0.908. The Bertz CT molecular complexity index is 1060. The summed E-state index contributed by atoms with van der Waals surface area (Å²) >= 11 is 0. The van der Waals surface area contributed by atoms with Crippen LogP contribution >= 0.6 is 0 Å². The second-order valence-electron chi connectivity index (χ2n) is 7.53. The van der Waals surface area contributed by atoms with Crippen molar-refractivity contribution in [1.29, 1.82) is 0 Å². The van der Waals surface area contributed by atoms with E-state index in [1.807, 2.05) is 60.7 Å². The monoisotopic (exact) mass is 431 g/mol. The standard InChI is InChI=1S/C26H25NO5/c1-30-23-13-19-20(14-24(23)31-2)25(32-16-22(19)28)26(29)27-15-21(17-9-5-3-6-10-17)18-11-7-4-8-12-18/h3-14,21,25H,15-16H2,1-2H3,(H,27,29). The first-order valence-corrected chi connectivity index (χ1v) is 10.4. The summed E-state index contributed by atoms with van der Waals surface area (Å²) in [5.74, 6) is 0.360.